The minimum Gasteiger partial charge on any atom is -0.508 e. The Morgan fingerprint density at radius 1 is 1.92 bits per heavy atom. The number of nitrogens with one attached hydrogen (secondary N) is 1. The summed E-state index contributed by atoms with van der Waals surface area (Å²) in [5, 5.41) is 8.26. The molecule has 0 fully saturated rings. The lowest BCUT2D eigenvalue weighted by molar-refractivity contribution is 0.177. The zero-order chi connectivity index (χ0) is 15.6. The van der Waals surface area contributed by atoms with Gasteiger partial charge in [0.25, 0.3) is 1.43 Å². The fourth-order valence-corrected chi connectivity index (χ4v) is 0.811. The van der Waals surface area contributed by atoms with Crippen LogP contribution in [0.2, 0.25) is 1.41 Å². The van der Waals surface area contributed by atoms with Gasteiger partial charge in [-0.2, -0.15) is 0 Å². The highest BCUT2D eigenvalue weighted by Gasteiger charge is 2.05. The minimum absolute atomic E-state index is 0.0748. The number of phenolic OH excluding ortho intramolecular Hbond substituents is 1. The molecule has 3 N–H and O–H groups in total. The van der Waals surface area contributed by atoms with E-state index in [1.54, 1.807) is 0 Å². The van der Waals surface area contributed by atoms with Gasteiger partial charge in [0, 0.05) is 13.4 Å². The quantitative estimate of drug-likeness (QED) is 0.615. The summed E-state index contributed by atoms with van der Waals surface area (Å²) in [6.45, 7) is -5.79. The highest BCUT2D eigenvalue weighted by Crippen LogP contribution is 2.17. The molecule has 0 aromatic heterocycles. The van der Waals surface area contributed by atoms with Crippen LogP contribution in [0.25, 0.3) is 0 Å². The van der Waals surface area contributed by atoms with E-state index in [-0.39, 0.29) is 16.6 Å². The maximum Gasteiger partial charge on any atom is 0.293 e. The van der Waals surface area contributed by atoms with Crippen LogP contribution in [0.5, 0.6) is 5.75 Å². The Labute approximate surface area is 83.1 Å². The van der Waals surface area contributed by atoms with Gasteiger partial charge in [0.05, 0.1) is 6.10 Å². The van der Waals surface area contributed by atoms with Gasteiger partial charge in [0.1, 0.15) is 7.16 Å². The maximum atomic E-state index is 7.72. The predicted molar refractivity (Wildman–Crippen MR) is 47.0 cm³/mol. The van der Waals surface area contributed by atoms with E-state index in [2.05, 4.69) is 10.2 Å². The molecule has 0 bridgehead atoms. The number of hydrogen-bond acceptors (Lipinski definition) is 3. The molecule has 3 heteroatoms. The number of aromatic hydroxyl groups is 1. The number of hydrogen-bond donors (Lipinski definition) is 3. The summed E-state index contributed by atoms with van der Waals surface area (Å²) >= 11 is 0. The molecule has 0 aliphatic rings. The third-order valence-corrected chi connectivity index (χ3v) is 1.34. The minimum atomic E-state index is -3.01. The average Bonchev–Trinajstić information content (AvgIpc) is 2.37. The molecule has 1 aromatic carbocycles. The average molecular weight is 175 g/mol. The summed E-state index contributed by atoms with van der Waals surface area (Å²) in [6, 6.07) is 5.48. The molecule has 0 radical (unpaired) electrons. The van der Waals surface area contributed by atoms with Crippen LogP contribution in [0.15, 0.2) is 24.3 Å². The van der Waals surface area contributed by atoms with Crippen molar-refractivity contribution in [2.75, 3.05) is 13.5 Å². The molecular formula is C9H13NO2. The van der Waals surface area contributed by atoms with Crippen molar-refractivity contribution in [3.63, 3.8) is 0 Å². The number of aliphatic hydroxyl groups excluding tert-OH is 1. The summed E-state index contributed by atoms with van der Waals surface area (Å²) in [6.07, 6.45) is -1.66. The van der Waals surface area contributed by atoms with E-state index in [0.717, 1.165) is 0 Å². The van der Waals surface area contributed by atoms with Gasteiger partial charge in [-0.1, -0.05) is 12.1 Å². The molecule has 0 aliphatic carbocycles. The first-order chi connectivity index (χ1) is 9.14. The third kappa shape index (κ3) is 2.22. The fraction of sp³-hybridized carbons (Fsp3) is 0.333. The van der Waals surface area contributed by atoms with E-state index >= 15 is 0 Å². The first kappa shape index (κ1) is 3.01. The van der Waals surface area contributed by atoms with E-state index in [4.69, 9.17) is 11.1 Å². The Kier molecular flexibility index (Phi) is 1.03. The SMILES string of the molecule is [2H]Oc1cccc([C@H](O[2H])C([2H])([2H])N([2H])C([2H])([2H])[2H])c1. The molecule has 0 amide bonds. The standard InChI is InChI=1S/C9H13NO2/c1-10-6-9(12)7-3-2-4-8(11)5-7/h2-5,9-12H,6H2,1H3/t9-/m1/s1/i1D3,6D2,12D/hD2. The lowest BCUT2D eigenvalue weighted by Gasteiger charge is -2.09. The highest BCUT2D eigenvalue weighted by atomic mass is 16.3. The van der Waals surface area contributed by atoms with Gasteiger partial charge in [-0.25, -0.2) is 0 Å². The van der Waals surface area contributed by atoms with Gasteiger partial charge in [0.15, 0.2) is 0 Å². The number of likely N-dealkylation sites (N-methyl/N-ethyl adjacent to an activating group) is 1. The van der Waals surface area contributed by atoms with Crippen molar-refractivity contribution in [1.82, 2.24) is 5.31 Å². The molecule has 1 atom stereocenters. The Hall–Kier alpha value is -1.06. The zero-order valence-electron chi connectivity index (χ0n) is 14.2. The summed E-state index contributed by atoms with van der Waals surface area (Å²) in [7, 11) is 0. The number of benzene rings is 1. The highest BCUT2D eigenvalue weighted by molar-refractivity contribution is 5.28. The lowest BCUT2D eigenvalue weighted by Crippen LogP contribution is -2.16. The van der Waals surface area contributed by atoms with Gasteiger partial charge < -0.3 is 15.5 Å². The van der Waals surface area contributed by atoms with Gasteiger partial charge in [0.2, 0.25) is 1.43 Å². The summed E-state index contributed by atoms with van der Waals surface area (Å²) in [5.41, 5.74) is 0.0799. The first-order valence-electron chi connectivity index (χ1n) is 7.05. The van der Waals surface area contributed by atoms with Crippen molar-refractivity contribution in [3.8, 4) is 5.75 Å². The Morgan fingerprint density at radius 2 is 2.92 bits per heavy atom. The van der Waals surface area contributed by atoms with Crippen molar-refractivity contribution in [2.24, 2.45) is 0 Å². The van der Waals surface area contributed by atoms with Gasteiger partial charge in [-0.3, -0.25) is 0 Å². The van der Waals surface area contributed by atoms with Crippen molar-refractivity contribution in [2.45, 2.75) is 6.10 Å². The fourth-order valence-electron chi connectivity index (χ4n) is 0.811. The predicted octanol–water partition coefficient (Wildman–Crippen LogP) is 0.645. The Morgan fingerprint density at radius 3 is 3.67 bits per heavy atom. The van der Waals surface area contributed by atoms with E-state index in [0.29, 0.717) is 0 Å². The van der Waals surface area contributed by atoms with Crippen LogP contribution in [0.1, 0.15) is 18.5 Å². The van der Waals surface area contributed by atoms with Crippen molar-refractivity contribution in [3.05, 3.63) is 29.8 Å². The van der Waals surface area contributed by atoms with Crippen LogP contribution < -0.4 is 5.31 Å². The van der Waals surface area contributed by atoms with Crippen molar-refractivity contribution < 1.29 is 18.5 Å². The lowest BCUT2D eigenvalue weighted by atomic mass is 10.1. The number of aliphatic hydroxyl groups is 1. The number of phenols is 1. The maximum absolute atomic E-state index is 7.72. The van der Waals surface area contributed by atoms with E-state index in [9.17, 15) is 0 Å². The summed E-state index contributed by atoms with van der Waals surface area (Å²) in [4.78, 5) is 0. The third-order valence-electron chi connectivity index (χ3n) is 1.34. The largest absolute Gasteiger partial charge is 0.508 e. The zero-order valence-corrected chi connectivity index (χ0v) is 6.15. The molecule has 0 heterocycles. The second-order valence-electron chi connectivity index (χ2n) is 2.19. The molecule has 0 spiro atoms. The van der Waals surface area contributed by atoms with Crippen LogP contribution in [-0.4, -0.2) is 26.6 Å². The molecule has 12 heavy (non-hydrogen) atoms. The normalized spacial score (nSPS) is 24.8. The topological polar surface area (TPSA) is 52.5 Å². The van der Waals surface area contributed by atoms with Crippen molar-refractivity contribution >= 4 is 0 Å². The molecule has 0 saturated carbocycles. The van der Waals surface area contributed by atoms with Gasteiger partial charge in [-0.05, 0) is 24.7 Å². The van der Waals surface area contributed by atoms with Crippen LogP contribution in [0.3, 0.4) is 0 Å². The van der Waals surface area contributed by atoms with Gasteiger partial charge in [-0.15, -0.1) is 0 Å². The number of rotatable bonds is 5. The molecule has 1 rings (SSSR count). The molecular weight excluding hydrogens is 154 g/mol. The van der Waals surface area contributed by atoms with E-state index in [1.807, 2.05) is 0 Å². The molecule has 3 nitrogen and oxygen atoms in total. The van der Waals surface area contributed by atoms with Crippen LogP contribution in [0, 0.1) is 0 Å². The summed E-state index contributed by atoms with van der Waals surface area (Å²) in [5.74, 6) is 0.0748. The monoisotopic (exact) mass is 175 g/mol. The second-order valence-corrected chi connectivity index (χ2v) is 2.19. The molecule has 0 unspecified atom stereocenters. The molecule has 1 aromatic rings. The first-order valence-corrected chi connectivity index (χ1v) is 3.29. The van der Waals surface area contributed by atoms with Crippen LogP contribution in [0.4, 0.5) is 0 Å². The van der Waals surface area contributed by atoms with Crippen LogP contribution in [-0.2, 0) is 0 Å². The molecule has 0 saturated heterocycles. The van der Waals surface area contributed by atoms with E-state index in [1.165, 1.54) is 24.3 Å². The van der Waals surface area contributed by atoms with Crippen LogP contribution >= 0.6 is 0 Å². The van der Waals surface area contributed by atoms with E-state index < -0.39 is 19.6 Å². The Bertz CT molecular complexity index is 452. The van der Waals surface area contributed by atoms with Gasteiger partial charge >= 0.3 is 0 Å². The smallest absolute Gasteiger partial charge is 0.293 e. The second kappa shape index (κ2) is 4.09. The van der Waals surface area contributed by atoms with Crippen molar-refractivity contribution in [1.29, 1.82) is 2.86 Å². The molecule has 66 valence electrons. The Balaban J connectivity index is 3.16. The molecule has 0 aliphatic heterocycles. The summed E-state index contributed by atoms with van der Waals surface area (Å²) < 4.78 is 57.7.